The number of nitrogens with zero attached hydrogens (tertiary/aromatic N) is 1. The molecule has 2 saturated heterocycles. The molecule has 1 amide bonds. The number of amides is 1. The van der Waals surface area contributed by atoms with Crippen molar-refractivity contribution in [1.29, 1.82) is 0 Å². The molecule has 1 aromatic rings. The lowest BCUT2D eigenvalue weighted by molar-refractivity contribution is -0.158. The Morgan fingerprint density at radius 3 is 2.52 bits per heavy atom. The first-order valence-electron chi connectivity index (χ1n) is 15.1. The highest BCUT2D eigenvalue weighted by Crippen LogP contribution is 2.78. The van der Waals surface area contributed by atoms with Crippen molar-refractivity contribution in [1.82, 2.24) is 4.90 Å². The molecule has 0 aromatic carbocycles. The number of hydrogen-bond donors (Lipinski definition) is 0. The van der Waals surface area contributed by atoms with Crippen LogP contribution < -0.4 is 5.63 Å². The summed E-state index contributed by atoms with van der Waals surface area (Å²) in [6.07, 6.45) is 7.84. The molecule has 1 aromatic heterocycles. The maximum atomic E-state index is 12.8. The lowest BCUT2D eigenvalue weighted by Crippen LogP contribution is -2.58. The van der Waals surface area contributed by atoms with Gasteiger partial charge >= 0.3 is 17.7 Å². The molecule has 10 atom stereocenters. The van der Waals surface area contributed by atoms with Crippen LogP contribution in [-0.2, 0) is 23.7 Å². The van der Waals surface area contributed by atoms with Gasteiger partial charge in [-0.25, -0.2) is 9.59 Å². The summed E-state index contributed by atoms with van der Waals surface area (Å²) in [6, 6.07) is 3.30. The van der Waals surface area contributed by atoms with Crippen LogP contribution in [0.5, 0.6) is 0 Å². The smallest absolute Gasteiger partial charge is 0.410 e. The lowest BCUT2D eigenvalue weighted by Gasteiger charge is -2.61. The number of epoxide rings is 1. The quantitative estimate of drug-likeness (QED) is 0.402. The Kier molecular flexibility index (Phi) is 6.17. The highest BCUT2D eigenvalue weighted by molar-refractivity contribution is 5.68. The van der Waals surface area contributed by atoms with Crippen LogP contribution in [0.2, 0.25) is 0 Å². The summed E-state index contributed by atoms with van der Waals surface area (Å²) in [5.74, 6) is 1.00. The number of carbonyl (C=O) groups is 2. The van der Waals surface area contributed by atoms with Crippen LogP contribution in [0.15, 0.2) is 27.6 Å². The fraction of sp³-hybridized carbons (Fsp3) is 0.774. The zero-order valence-electron chi connectivity index (χ0n) is 23.8. The summed E-state index contributed by atoms with van der Waals surface area (Å²) in [6.45, 7) is 8.58. The van der Waals surface area contributed by atoms with Gasteiger partial charge in [-0.05, 0) is 79.7 Å². The Morgan fingerprint density at radius 2 is 1.80 bits per heavy atom. The number of rotatable bonds is 3. The van der Waals surface area contributed by atoms with E-state index in [4.69, 9.17) is 23.4 Å². The molecule has 1 spiro atoms. The van der Waals surface area contributed by atoms with Crippen molar-refractivity contribution < 1.29 is 33.0 Å². The van der Waals surface area contributed by atoms with Gasteiger partial charge in [-0.15, -0.1) is 0 Å². The van der Waals surface area contributed by atoms with Crippen LogP contribution in [-0.4, -0.2) is 67.2 Å². The third kappa shape index (κ3) is 3.75. The van der Waals surface area contributed by atoms with E-state index in [1.165, 1.54) is 13.0 Å². The topological polar surface area (TPSA) is 108 Å². The van der Waals surface area contributed by atoms with Gasteiger partial charge in [0.1, 0.15) is 23.9 Å². The Hall–Kier alpha value is -2.39. The van der Waals surface area contributed by atoms with Crippen LogP contribution >= 0.6 is 0 Å². The van der Waals surface area contributed by atoms with E-state index in [0.29, 0.717) is 44.1 Å². The zero-order valence-corrected chi connectivity index (χ0v) is 23.8. The van der Waals surface area contributed by atoms with Crippen LogP contribution in [0.25, 0.3) is 0 Å². The summed E-state index contributed by atoms with van der Waals surface area (Å²) in [5, 5.41) is 0. The number of carbonyl (C=O) groups excluding carboxylic acids is 2. The summed E-state index contributed by atoms with van der Waals surface area (Å²) < 4.78 is 29.4. The minimum Gasteiger partial charge on any atom is -0.459 e. The highest BCUT2D eigenvalue weighted by Gasteiger charge is 2.84. The summed E-state index contributed by atoms with van der Waals surface area (Å²) in [5.41, 5.74) is 0.112. The van der Waals surface area contributed by atoms with Gasteiger partial charge in [0.05, 0.1) is 19.5 Å². The van der Waals surface area contributed by atoms with Crippen LogP contribution in [0, 0.1) is 28.6 Å². The minimum absolute atomic E-state index is 0.0288. The molecule has 6 aliphatic rings. The molecule has 9 nitrogen and oxygen atoms in total. The van der Waals surface area contributed by atoms with Crippen molar-refractivity contribution in [3.05, 3.63) is 34.4 Å². The van der Waals surface area contributed by atoms with Gasteiger partial charge in [-0.1, -0.05) is 13.8 Å². The SMILES string of the molecule is CC(=O)O[C@H]1[C@H]2O[C@]23[C@@H]2CC[C@@H]4C[C@@H](OC(=O)N5CCOCC5)CC[C@]4(C)[C@H]2CC[C@]3(C)[C@H]1c1ccc(=O)oc1. The van der Waals surface area contributed by atoms with E-state index in [1.54, 1.807) is 11.2 Å². The standard InChI is InChI=1S/C31H41NO8/c1-18(33)38-26-25(19-4-7-24(34)37-17-19)30(3)11-9-22-23(31(30)27(26)40-31)6-5-20-16-21(8-10-29(20,22)2)39-28(35)32-12-14-36-15-13-32/h4,7,17,20-23,25-27H,5-6,8-16H2,1-3H3/t20-,21+,22+,23-,25+,26-,27-,29+,30-,31-/m1/s1. The van der Waals surface area contributed by atoms with Gasteiger partial charge in [0, 0.05) is 37.4 Å². The molecule has 9 heteroatoms. The van der Waals surface area contributed by atoms with Gasteiger partial charge in [0.2, 0.25) is 0 Å². The van der Waals surface area contributed by atoms with Crippen LogP contribution in [0.3, 0.4) is 0 Å². The lowest BCUT2D eigenvalue weighted by atomic mass is 9.44. The first-order chi connectivity index (χ1) is 19.2. The number of fused-ring (bicyclic) bond motifs is 3. The normalized spacial score (nSPS) is 45.4. The first-order valence-corrected chi connectivity index (χ1v) is 15.1. The van der Waals surface area contributed by atoms with Crippen molar-refractivity contribution in [2.24, 2.45) is 28.6 Å². The molecular formula is C31H41NO8. The molecule has 0 radical (unpaired) electrons. The molecule has 6 fully saturated rings. The van der Waals surface area contributed by atoms with E-state index in [9.17, 15) is 14.4 Å². The number of esters is 1. The Balaban J connectivity index is 1.12. The maximum Gasteiger partial charge on any atom is 0.410 e. The molecule has 4 aliphatic carbocycles. The molecule has 2 aliphatic heterocycles. The minimum atomic E-state index is -0.394. The summed E-state index contributed by atoms with van der Waals surface area (Å²) in [4.78, 5) is 38.5. The molecule has 3 heterocycles. The van der Waals surface area contributed by atoms with Gasteiger partial charge in [-0.2, -0.15) is 0 Å². The van der Waals surface area contributed by atoms with E-state index in [0.717, 1.165) is 50.5 Å². The van der Waals surface area contributed by atoms with Crippen molar-refractivity contribution in [2.75, 3.05) is 26.3 Å². The van der Waals surface area contributed by atoms with Gasteiger partial charge < -0.3 is 28.3 Å². The predicted octanol–water partition coefficient (Wildman–Crippen LogP) is 4.28. The van der Waals surface area contributed by atoms with Crippen LogP contribution in [0.1, 0.15) is 77.2 Å². The average molecular weight is 556 g/mol. The van der Waals surface area contributed by atoms with E-state index in [1.807, 2.05) is 6.07 Å². The third-order valence-electron chi connectivity index (χ3n) is 12.0. The van der Waals surface area contributed by atoms with Gasteiger partial charge in [0.15, 0.2) is 0 Å². The second-order valence-electron chi connectivity index (χ2n) is 13.6. The number of morpholine rings is 1. The van der Waals surface area contributed by atoms with E-state index in [-0.39, 0.29) is 52.2 Å². The van der Waals surface area contributed by atoms with Crippen molar-refractivity contribution in [3.8, 4) is 0 Å². The Morgan fingerprint density at radius 1 is 1.00 bits per heavy atom. The molecule has 4 saturated carbocycles. The second kappa shape index (κ2) is 9.31. The Bertz CT molecular complexity index is 1220. The molecule has 0 N–H and O–H groups in total. The molecule has 0 bridgehead atoms. The molecular weight excluding hydrogens is 514 g/mol. The summed E-state index contributed by atoms with van der Waals surface area (Å²) >= 11 is 0. The fourth-order valence-corrected chi connectivity index (χ4v) is 10.2. The average Bonchev–Trinajstić information content (AvgIpc) is 3.64. The van der Waals surface area contributed by atoms with E-state index < -0.39 is 6.10 Å². The zero-order chi connectivity index (χ0) is 27.9. The number of ether oxygens (including phenoxy) is 4. The van der Waals surface area contributed by atoms with Gasteiger partial charge in [0.25, 0.3) is 0 Å². The van der Waals surface area contributed by atoms with E-state index >= 15 is 0 Å². The van der Waals surface area contributed by atoms with Crippen molar-refractivity contribution in [3.63, 3.8) is 0 Å². The second-order valence-corrected chi connectivity index (χ2v) is 13.6. The highest BCUT2D eigenvalue weighted by atomic mass is 16.7. The summed E-state index contributed by atoms with van der Waals surface area (Å²) in [7, 11) is 0. The molecule has 40 heavy (non-hydrogen) atoms. The Labute approximate surface area is 234 Å². The predicted molar refractivity (Wildman–Crippen MR) is 143 cm³/mol. The third-order valence-corrected chi connectivity index (χ3v) is 12.0. The first kappa shape index (κ1) is 26.5. The largest absolute Gasteiger partial charge is 0.459 e. The maximum absolute atomic E-state index is 12.8. The molecule has 7 rings (SSSR count). The monoisotopic (exact) mass is 555 g/mol. The van der Waals surface area contributed by atoms with Crippen molar-refractivity contribution >= 4 is 12.1 Å². The van der Waals surface area contributed by atoms with Gasteiger partial charge in [-0.3, -0.25) is 4.79 Å². The number of hydrogen-bond acceptors (Lipinski definition) is 8. The molecule has 218 valence electrons. The van der Waals surface area contributed by atoms with Crippen LogP contribution in [0.4, 0.5) is 4.79 Å². The van der Waals surface area contributed by atoms with Crippen molar-refractivity contribution in [2.45, 2.75) is 95.5 Å². The fourth-order valence-electron chi connectivity index (χ4n) is 10.2. The van der Waals surface area contributed by atoms with E-state index in [2.05, 4.69) is 13.8 Å². The molecule has 0 unspecified atom stereocenters.